The zero-order valence-corrected chi connectivity index (χ0v) is 15.1. The molecule has 1 rings (SSSR count). The van der Waals surface area contributed by atoms with E-state index in [4.69, 9.17) is 10.3 Å². The quantitative estimate of drug-likeness (QED) is 0.312. The zero-order chi connectivity index (χ0) is 18.9. The van der Waals surface area contributed by atoms with E-state index in [9.17, 15) is 18.0 Å². The summed E-state index contributed by atoms with van der Waals surface area (Å²) in [4.78, 5) is 22.4. The van der Waals surface area contributed by atoms with Gasteiger partial charge < -0.3 is 5.11 Å². The maximum absolute atomic E-state index is 12.7. The van der Waals surface area contributed by atoms with E-state index in [-0.39, 0.29) is 17.7 Å². The molecule has 0 aromatic heterocycles. The van der Waals surface area contributed by atoms with Crippen LogP contribution in [0.15, 0.2) is 29.2 Å². The highest BCUT2D eigenvalue weighted by Gasteiger charge is 2.33. The number of rotatable bonds is 11. The fraction of sp³-hybridized carbons (Fsp3) is 0.529. The number of aliphatic carboxylic acids is 1. The van der Waals surface area contributed by atoms with Crippen LogP contribution in [0, 0.1) is 0 Å². The Morgan fingerprint density at radius 1 is 1.12 bits per heavy atom. The lowest BCUT2D eigenvalue weighted by atomic mass is 10.1. The molecule has 0 spiro atoms. The first-order valence-corrected chi connectivity index (χ1v) is 9.86. The fourth-order valence-corrected chi connectivity index (χ4v) is 4.17. The van der Waals surface area contributed by atoms with Gasteiger partial charge in [-0.3, -0.25) is 14.8 Å². The molecular formula is C17H25NO6S. The molecule has 1 unspecified atom stereocenters. The maximum Gasteiger partial charge on any atom is 0.303 e. The second-order valence-electron chi connectivity index (χ2n) is 5.90. The molecule has 3 N–H and O–H groups in total. The summed E-state index contributed by atoms with van der Waals surface area (Å²) in [5.74, 6) is -1.87. The van der Waals surface area contributed by atoms with Gasteiger partial charge in [0.25, 0.3) is 5.91 Å². The summed E-state index contributed by atoms with van der Waals surface area (Å²) in [5, 5.41) is 16.2. The van der Waals surface area contributed by atoms with Gasteiger partial charge >= 0.3 is 5.97 Å². The van der Waals surface area contributed by atoms with Crippen LogP contribution in [-0.4, -0.2) is 35.9 Å². The number of benzene rings is 1. The van der Waals surface area contributed by atoms with Crippen molar-refractivity contribution in [3.8, 4) is 0 Å². The van der Waals surface area contributed by atoms with Gasteiger partial charge in [0, 0.05) is 6.42 Å². The Hall–Kier alpha value is -1.93. The predicted molar refractivity (Wildman–Crippen MR) is 92.1 cm³/mol. The molecule has 0 aliphatic heterocycles. The van der Waals surface area contributed by atoms with E-state index in [2.05, 4.69) is 0 Å². The van der Waals surface area contributed by atoms with E-state index in [0.29, 0.717) is 18.4 Å². The maximum atomic E-state index is 12.7. The molecule has 7 nitrogen and oxygen atoms in total. The molecule has 0 saturated heterocycles. The highest BCUT2D eigenvalue weighted by Crippen LogP contribution is 2.22. The molecule has 0 heterocycles. The molecule has 0 radical (unpaired) electrons. The van der Waals surface area contributed by atoms with Gasteiger partial charge in [-0.1, -0.05) is 44.7 Å². The van der Waals surface area contributed by atoms with Crippen LogP contribution in [0.2, 0.25) is 0 Å². The minimum atomic E-state index is -3.94. The van der Waals surface area contributed by atoms with Gasteiger partial charge in [0.1, 0.15) is 5.25 Å². The van der Waals surface area contributed by atoms with Gasteiger partial charge in [-0.2, -0.15) is 0 Å². The SMILES string of the molecule is CCCCCCC(C(=O)NO)S(=O)(=O)c1ccc(CCC(=O)O)cc1. The van der Waals surface area contributed by atoms with Gasteiger partial charge in [0.05, 0.1) is 4.90 Å². The molecular weight excluding hydrogens is 346 g/mol. The van der Waals surface area contributed by atoms with Crippen LogP contribution >= 0.6 is 0 Å². The summed E-state index contributed by atoms with van der Waals surface area (Å²) in [5.41, 5.74) is 2.14. The standard InChI is InChI=1S/C17H25NO6S/c1-2-3-4-5-6-15(17(21)18-22)25(23,24)14-10-7-13(8-11-14)9-12-16(19)20/h7-8,10-11,15,22H,2-6,9,12H2,1H3,(H,18,21)(H,19,20). The summed E-state index contributed by atoms with van der Waals surface area (Å²) in [6, 6.07) is 5.83. The van der Waals surface area contributed by atoms with Crippen LogP contribution in [0.25, 0.3) is 0 Å². The number of carboxylic acid groups (broad SMARTS) is 1. The number of amides is 1. The molecule has 8 heteroatoms. The number of sulfone groups is 1. The Bertz CT molecular complexity index is 669. The third-order valence-corrected chi connectivity index (χ3v) is 6.10. The van der Waals surface area contributed by atoms with Crippen molar-refractivity contribution in [1.82, 2.24) is 5.48 Å². The number of carboxylic acids is 1. The number of carbonyl (C=O) groups excluding carboxylic acids is 1. The first kappa shape index (κ1) is 21.1. The van der Waals surface area contributed by atoms with Crippen molar-refractivity contribution in [3.05, 3.63) is 29.8 Å². The van der Waals surface area contributed by atoms with Gasteiger partial charge in [0.15, 0.2) is 9.84 Å². The molecule has 1 aromatic carbocycles. The lowest BCUT2D eigenvalue weighted by Crippen LogP contribution is -2.38. The van der Waals surface area contributed by atoms with Crippen molar-refractivity contribution in [2.24, 2.45) is 0 Å². The van der Waals surface area contributed by atoms with Crippen LogP contribution in [0.5, 0.6) is 0 Å². The molecule has 0 bridgehead atoms. The van der Waals surface area contributed by atoms with Crippen molar-refractivity contribution >= 4 is 21.7 Å². The van der Waals surface area contributed by atoms with Gasteiger partial charge in [-0.15, -0.1) is 0 Å². The van der Waals surface area contributed by atoms with E-state index >= 15 is 0 Å². The number of nitrogens with one attached hydrogen (secondary N) is 1. The van der Waals surface area contributed by atoms with E-state index in [0.717, 1.165) is 19.3 Å². The first-order valence-electron chi connectivity index (χ1n) is 8.31. The summed E-state index contributed by atoms with van der Waals surface area (Å²) in [6.07, 6.45) is 3.71. The van der Waals surface area contributed by atoms with E-state index in [1.807, 2.05) is 6.92 Å². The van der Waals surface area contributed by atoms with Crippen molar-refractivity contribution in [2.75, 3.05) is 0 Å². The monoisotopic (exact) mass is 371 g/mol. The van der Waals surface area contributed by atoms with Gasteiger partial charge in [-0.05, 0) is 30.5 Å². The third kappa shape index (κ3) is 6.47. The lowest BCUT2D eigenvalue weighted by molar-refractivity contribution is -0.137. The average molecular weight is 371 g/mol. The topological polar surface area (TPSA) is 121 Å². The predicted octanol–water partition coefficient (Wildman–Crippen LogP) is 2.32. The molecule has 0 aliphatic carbocycles. The smallest absolute Gasteiger partial charge is 0.303 e. The molecule has 0 saturated carbocycles. The average Bonchev–Trinajstić information content (AvgIpc) is 2.59. The Kier molecular flexibility index (Phi) is 8.57. The fourth-order valence-electron chi connectivity index (χ4n) is 2.52. The van der Waals surface area contributed by atoms with Crippen LogP contribution < -0.4 is 5.48 Å². The van der Waals surface area contributed by atoms with Crippen LogP contribution in [0.3, 0.4) is 0 Å². The van der Waals surface area contributed by atoms with Crippen molar-refractivity contribution in [3.63, 3.8) is 0 Å². The largest absolute Gasteiger partial charge is 0.481 e. The minimum absolute atomic E-state index is 0.0179. The van der Waals surface area contributed by atoms with E-state index in [1.165, 1.54) is 17.6 Å². The minimum Gasteiger partial charge on any atom is -0.481 e. The highest BCUT2D eigenvalue weighted by atomic mass is 32.2. The number of hydrogen-bond acceptors (Lipinski definition) is 5. The normalized spacial score (nSPS) is 12.6. The second kappa shape index (κ2) is 10.1. The van der Waals surface area contributed by atoms with Crippen molar-refractivity contribution < 1.29 is 28.3 Å². The zero-order valence-electron chi connectivity index (χ0n) is 14.3. The second-order valence-corrected chi connectivity index (χ2v) is 8.03. The molecule has 0 aliphatic rings. The van der Waals surface area contributed by atoms with Crippen molar-refractivity contribution in [1.29, 1.82) is 0 Å². The van der Waals surface area contributed by atoms with Crippen LogP contribution in [0.4, 0.5) is 0 Å². The molecule has 25 heavy (non-hydrogen) atoms. The summed E-state index contributed by atoms with van der Waals surface area (Å²) >= 11 is 0. The molecule has 0 fully saturated rings. The number of hydrogen-bond donors (Lipinski definition) is 3. The Labute approximate surface area is 147 Å². The Morgan fingerprint density at radius 3 is 2.28 bits per heavy atom. The van der Waals surface area contributed by atoms with Gasteiger partial charge in [-0.25, -0.2) is 13.9 Å². The van der Waals surface area contributed by atoms with Crippen molar-refractivity contribution in [2.45, 2.75) is 62.0 Å². The Morgan fingerprint density at radius 2 is 1.76 bits per heavy atom. The number of aryl methyl sites for hydroxylation is 1. The van der Waals surface area contributed by atoms with E-state index < -0.39 is 27.0 Å². The Balaban J connectivity index is 2.92. The number of carbonyl (C=O) groups is 2. The molecule has 1 aromatic rings. The molecule has 1 atom stereocenters. The number of unbranched alkanes of at least 4 members (excludes halogenated alkanes) is 3. The van der Waals surface area contributed by atoms with Crippen LogP contribution in [0.1, 0.15) is 51.0 Å². The summed E-state index contributed by atoms with van der Waals surface area (Å²) in [7, 11) is -3.94. The summed E-state index contributed by atoms with van der Waals surface area (Å²) in [6.45, 7) is 2.03. The third-order valence-electron chi connectivity index (χ3n) is 3.98. The molecule has 1 amide bonds. The first-order chi connectivity index (χ1) is 11.8. The lowest BCUT2D eigenvalue weighted by Gasteiger charge is -2.16. The molecule has 140 valence electrons. The van der Waals surface area contributed by atoms with Gasteiger partial charge in [0.2, 0.25) is 0 Å². The van der Waals surface area contributed by atoms with E-state index in [1.54, 1.807) is 12.1 Å². The van der Waals surface area contributed by atoms with Crippen LogP contribution in [-0.2, 0) is 25.8 Å². The summed E-state index contributed by atoms with van der Waals surface area (Å²) < 4.78 is 25.4. The number of hydroxylamine groups is 1. The highest BCUT2D eigenvalue weighted by molar-refractivity contribution is 7.92.